The van der Waals surface area contributed by atoms with Crippen LogP contribution in [0.25, 0.3) is 0 Å². The van der Waals surface area contributed by atoms with Crippen molar-refractivity contribution in [1.29, 1.82) is 0 Å². The topological polar surface area (TPSA) is 35.2 Å². The summed E-state index contributed by atoms with van der Waals surface area (Å²) in [6.45, 7) is 14.0. The van der Waals surface area contributed by atoms with Gasteiger partial charge in [-0.25, -0.2) is 0 Å². The molecule has 178 valence electrons. The minimum absolute atomic E-state index is 0.413. The van der Waals surface area contributed by atoms with Gasteiger partial charge in [-0.3, -0.25) is 0 Å². The third-order valence-electron chi connectivity index (χ3n) is 10.7. The van der Waals surface area contributed by atoms with Crippen LogP contribution in [0.4, 0.5) is 0 Å². The van der Waals surface area contributed by atoms with Gasteiger partial charge in [-0.05, 0) is 97.7 Å². The molecule has 2 nitrogen and oxygen atoms in total. The van der Waals surface area contributed by atoms with E-state index >= 15 is 0 Å². The summed E-state index contributed by atoms with van der Waals surface area (Å²) in [6.07, 6.45) is 18.4. The maximum Gasteiger partial charge on any atom is 0.0613 e. The zero-order chi connectivity index (χ0) is 22.2. The van der Waals surface area contributed by atoms with Crippen LogP contribution in [-0.2, 0) is 4.74 Å². The van der Waals surface area contributed by atoms with Crippen molar-refractivity contribution in [3.63, 3.8) is 0 Å². The van der Waals surface area contributed by atoms with Gasteiger partial charge in [-0.1, -0.05) is 65.5 Å². The second-order valence-electron chi connectivity index (χ2n) is 12.8. The first kappa shape index (κ1) is 23.8. The molecule has 3 fully saturated rings. The molecule has 0 aromatic carbocycles. The molecule has 4 aliphatic carbocycles. The number of hydrogen-bond donors (Lipinski definition) is 1. The van der Waals surface area contributed by atoms with Crippen LogP contribution >= 0.6 is 0 Å². The van der Waals surface area contributed by atoms with Gasteiger partial charge in [0, 0.05) is 6.54 Å². The Morgan fingerprint density at radius 2 is 1.84 bits per heavy atom. The molecule has 0 radical (unpaired) electrons. The van der Waals surface area contributed by atoms with Gasteiger partial charge in [0.1, 0.15) is 0 Å². The molecule has 3 saturated carbocycles. The predicted octanol–water partition coefficient (Wildman–Crippen LogP) is 7.37. The molecular weight excluding hydrogens is 378 g/mol. The summed E-state index contributed by atoms with van der Waals surface area (Å²) in [5, 5.41) is 0. The fraction of sp³-hybridized carbons (Fsp3) is 0.931. The molecule has 8 unspecified atom stereocenters. The summed E-state index contributed by atoms with van der Waals surface area (Å²) in [5.74, 6) is 5.53. The average molecular weight is 430 g/mol. The van der Waals surface area contributed by atoms with E-state index in [0.717, 1.165) is 48.5 Å². The number of nitrogens with two attached hydrogens (primary N) is 1. The summed E-state index contributed by atoms with van der Waals surface area (Å²) in [7, 11) is 0. The molecule has 0 aromatic rings. The van der Waals surface area contributed by atoms with E-state index in [2.05, 4.69) is 40.7 Å². The number of fused-ring (bicyclic) bond motifs is 5. The molecule has 2 N–H and O–H groups in total. The quantitative estimate of drug-likeness (QED) is 0.409. The average Bonchev–Trinajstić information content (AvgIpc) is 3.09. The second kappa shape index (κ2) is 9.49. The summed E-state index contributed by atoms with van der Waals surface area (Å²) in [6, 6.07) is 0. The van der Waals surface area contributed by atoms with Crippen LogP contribution < -0.4 is 5.73 Å². The van der Waals surface area contributed by atoms with Crippen LogP contribution in [0.3, 0.4) is 0 Å². The predicted molar refractivity (Wildman–Crippen MR) is 132 cm³/mol. The summed E-state index contributed by atoms with van der Waals surface area (Å²) >= 11 is 0. The Morgan fingerprint density at radius 3 is 2.58 bits per heavy atom. The van der Waals surface area contributed by atoms with Crippen LogP contribution in [0.5, 0.6) is 0 Å². The molecule has 0 amide bonds. The molecule has 0 saturated heterocycles. The first-order chi connectivity index (χ1) is 14.8. The first-order valence-corrected chi connectivity index (χ1v) is 13.8. The van der Waals surface area contributed by atoms with Gasteiger partial charge in [-0.15, -0.1) is 0 Å². The molecule has 0 spiro atoms. The van der Waals surface area contributed by atoms with E-state index in [1.807, 2.05) is 0 Å². The third-order valence-corrected chi connectivity index (χ3v) is 10.7. The third kappa shape index (κ3) is 4.42. The van der Waals surface area contributed by atoms with E-state index in [4.69, 9.17) is 10.5 Å². The second-order valence-corrected chi connectivity index (χ2v) is 12.8. The molecule has 0 heterocycles. The number of ether oxygens (including phenoxy) is 1. The maximum absolute atomic E-state index is 6.07. The molecule has 8 atom stereocenters. The maximum atomic E-state index is 6.07. The van der Waals surface area contributed by atoms with Crippen LogP contribution in [0, 0.1) is 46.3 Å². The minimum Gasteiger partial charge on any atom is -0.377 e. The monoisotopic (exact) mass is 429 g/mol. The highest BCUT2D eigenvalue weighted by molar-refractivity contribution is 5.25. The fourth-order valence-corrected chi connectivity index (χ4v) is 9.03. The summed E-state index contributed by atoms with van der Waals surface area (Å²) in [5.41, 5.74) is 8.46. The van der Waals surface area contributed by atoms with Crippen LogP contribution in [0.2, 0.25) is 0 Å². The van der Waals surface area contributed by atoms with Crippen molar-refractivity contribution >= 4 is 0 Å². The Hall–Kier alpha value is -0.340. The van der Waals surface area contributed by atoms with Gasteiger partial charge in [0.05, 0.1) is 12.7 Å². The number of hydrogen-bond acceptors (Lipinski definition) is 2. The minimum atomic E-state index is 0.413. The first-order valence-electron chi connectivity index (χ1n) is 13.8. The normalized spacial score (nSPS) is 43.2. The van der Waals surface area contributed by atoms with Gasteiger partial charge in [-0.2, -0.15) is 0 Å². The van der Waals surface area contributed by atoms with Crippen molar-refractivity contribution in [2.45, 2.75) is 111 Å². The molecule has 0 aliphatic heterocycles. The molecule has 4 aliphatic rings. The number of allylic oxidation sites excluding steroid dienone is 1. The zero-order valence-electron chi connectivity index (χ0n) is 21.3. The van der Waals surface area contributed by atoms with E-state index in [0.29, 0.717) is 23.5 Å². The van der Waals surface area contributed by atoms with Gasteiger partial charge in [0.25, 0.3) is 0 Å². The van der Waals surface area contributed by atoms with E-state index in [1.54, 1.807) is 5.57 Å². The van der Waals surface area contributed by atoms with Crippen molar-refractivity contribution in [2.75, 3.05) is 13.2 Å². The Bertz CT molecular complexity index is 641. The SMILES string of the molecule is CC(C)CCCC(C)C1CCC2C3CC=C4CC(OCCN)CCC4(C)C3CCC12C. The smallest absolute Gasteiger partial charge is 0.0613 e. The van der Waals surface area contributed by atoms with Crippen molar-refractivity contribution in [3.8, 4) is 0 Å². The highest BCUT2D eigenvalue weighted by atomic mass is 16.5. The molecule has 4 rings (SSSR count). The molecule has 31 heavy (non-hydrogen) atoms. The van der Waals surface area contributed by atoms with Crippen LogP contribution in [0.1, 0.15) is 105 Å². The fourth-order valence-electron chi connectivity index (χ4n) is 9.03. The van der Waals surface area contributed by atoms with E-state index < -0.39 is 0 Å². The lowest BCUT2D eigenvalue weighted by Gasteiger charge is -2.58. The van der Waals surface area contributed by atoms with Crippen LogP contribution in [-0.4, -0.2) is 19.3 Å². The van der Waals surface area contributed by atoms with E-state index in [1.165, 1.54) is 64.2 Å². The zero-order valence-corrected chi connectivity index (χ0v) is 21.3. The molecule has 2 heteroatoms. The lowest BCUT2D eigenvalue weighted by atomic mass is 9.47. The van der Waals surface area contributed by atoms with Gasteiger partial charge in [0.2, 0.25) is 0 Å². The molecule has 0 aromatic heterocycles. The van der Waals surface area contributed by atoms with Gasteiger partial charge in [0.15, 0.2) is 0 Å². The Kier molecular flexibility index (Phi) is 7.29. The largest absolute Gasteiger partial charge is 0.377 e. The highest BCUT2D eigenvalue weighted by Crippen LogP contribution is 2.67. The van der Waals surface area contributed by atoms with Crippen molar-refractivity contribution in [2.24, 2.45) is 52.1 Å². The Labute approximate surface area is 193 Å². The van der Waals surface area contributed by atoms with Crippen molar-refractivity contribution < 1.29 is 4.74 Å². The van der Waals surface area contributed by atoms with E-state index in [-0.39, 0.29) is 0 Å². The molecule has 0 bridgehead atoms. The lowest BCUT2D eigenvalue weighted by Crippen LogP contribution is -2.51. The van der Waals surface area contributed by atoms with Gasteiger partial charge >= 0.3 is 0 Å². The van der Waals surface area contributed by atoms with Crippen molar-refractivity contribution in [1.82, 2.24) is 0 Å². The molecular formula is C29H51NO. The summed E-state index contributed by atoms with van der Waals surface area (Å²) in [4.78, 5) is 0. The number of rotatable bonds is 8. The van der Waals surface area contributed by atoms with Crippen LogP contribution in [0.15, 0.2) is 11.6 Å². The lowest BCUT2D eigenvalue weighted by molar-refractivity contribution is -0.0634. The summed E-state index contributed by atoms with van der Waals surface area (Å²) < 4.78 is 6.07. The van der Waals surface area contributed by atoms with Gasteiger partial charge < -0.3 is 10.5 Å². The Morgan fingerprint density at radius 1 is 1.03 bits per heavy atom. The van der Waals surface area contributed by atoms with E-state index in [9.17, 15) is 0 Å². The standard InChI is InChI=1S/C29H51NO/c1-20(2)7-6-8-21(3)25-11-12-26-24-10-9-22-19-23(31-18-17-30)13-15-28(22,4)27(24)14-16-29(25,26)5/h9,20-21,23-27H,6-8,10-19,30H2,1-5H3. The highest BCUT2D eigenvalue weighted by Gasteiger charge is 2.59. The Balaban J connectivity index is 1.45. The van der Waals surface area contributed by atoms with Crippen molar-refractivity contribution in [3.05, 3.63) is 11.6 Å².